The number of nitrogens with zero attached hydrogens (tertiary/aromatic N) is 6. The largest absolute Gasteiger partial charge is 0.486 e. The molecule has 9 nitrogen and oxygen atoms in total. The predicted molar refractivity (Wildman–Crippen MR) is 101 cm³/mol. The molecule has 30 heavy (non-hydrogen) atoms. The van der Waals surface area contributed by atoms with Crippen molar-refractivity contribution in [3.8, 4) is 5.75 Å². The van der Waals surface area contributed by atoms with E-state index in [0.717, 1.165) is 18.3 Å². The van der Waals surface area contributed by atoms with Crippen LogP contribution in [0, 0.1) is 10.1 Å². The van der Waals surface area contributed by atoms with Gasteiger partial charge in [0.1, 0.15) is 24.8 Å². The van der Waals surface area contributed by atoms with Gasteiger partial charge < -0.3 is 4.74 Å². The van der Waals surface area contributed by atoms with Crippen molar-refractivity contribution >= 4 is 17.4 Å². The van der Waals surface area contributed by atoms with Crippen molar-refractivity contribution in [3.05, 3.63) is 70.8 Å². The highest BCUT2D eigenvalue weighted by molar-refractivity contribution is 7.98. The summed E-state index contributed by atoms with van der Waals surface area (Å²) in [6.45, 7) is 3.91. The van der Waals surface area contributed by atoms with Crippen molar-refractivity contribution in [1.29, 1.82) is 0 Å². The Morgan fingerprint density at radius 3 is 2.80 bits per heavy atom. The Balaban J connectivity index is 1.69. The van der Waals surface area contributed by atoms with Gasteiger partial charge in [0.2, 0.25) is 0 Å². The Morgan fingerprint density at radius 1 is 1.33 bits per heavy atom. The zero-order valence-electron chi connectivity index (χ0n) is 15.3. The smallest absolute Gasteiger partial charge is 0.416 e. The molecule has 0 aliphatic heterocycles. The van der Waals surface area contributed by atoms with Gasteiger partial charge in [-0.05, 0) is 18.2 Å². The van der Waals surface area contributed by atoms with Gasteiger partial charge in [-0.25, -0.2) is 0 Å². The standard InChI is InChI=1S/C17H15F3N6O3S/c1-2-6-25-15(10-29-14-5-3-4-12(7-14)17(18,19)20)22-23-16(25)30-11-24-9-13(8-21-24)26(27)28/h2-5,7-9H,1,6,10-11H2. The molecule has 0 amide bonds. The van der Waals surface area contributed by atoms with Gasteiger partial charge in [0.15, 0.2) is 11.0 Å². The molecule has 0 saturated heterocycles. The minimum absolute atomic E-state index is 0.0519. The number of hydrogen-bond acceptors (Lipinski definition) is 7. The van der Waals surface area contributed by atoms with Crippen molar-refractivity contribution in [2.45, 2.75) is 30.4 Å². The van der Waals surface area contributed by atoms with E-state index < -0.39 is 16.7 Å². The third kappa shape index (κ3) is 5.17. The molecule has 3 rings (SSSR count). The predicted octanol–water partition coefficient (Wildman–Crippen LogP) is 3.92. The van der Waals surface area contributed by atoms with Crippen LogP contribution in [0.25, 0.3) is 0 Å². The van der Waals surface area contributed by atoms with E-state index in [1.54, 1.807) is 10.6 Å². The maximum Gasteiger partial charge on any atom is 0.416 e. The summed E-state index contributed by atoms with van der Waals surface area (Å²) in [7, 11) is 0. The van der Waals surface area contributed by atoms with Crippen LogP contribution in [0.15, 0.2) is 54.5 Å². The normalized spacial score (nSPS) is 11.4. The van der Waals surface area contributed by atoms with Crippen LogP contribution in [-0.2, 0) is 25.2 Å². The van der Waals surface area contributed by atoms with Gasteiger partial charge in [0, 0.05) is 6.54 Å². The molecule has 0 unspecified atom stereocenters. The molecule has 0 fully saturated rings. The molecule has 0 radical (unpaired) electrons. The highest BCUT2D eigenvalue weighted by Crippen LogP contribution is 2.31. The van der Waals surface area contributed by atoms with E-state index >= 15 is 0 Å². The fourth-order valence-electron chi connectivity index (χ4n) is 2.40. The first-order valence-electron chi connectivity index (χ1n) is 8.40. The number of allylic oxidation sites excluding steroid dienone is 1. The average Bonchev–Trinajstić information content (AvgIpc) is 3.32. The highest BCUT2D eigenvalue weighted by atomic mass is 32.2. The van der Waals surface area contributed by atoms with Crippen LogP contribution in [0.2, 0.25) is 0 Å². The van der Waals surface area contributed by atoms with Gasteiger partial charge in [0.05, 0.1) is 16.4 Å². The molecule has 2 heterocycles. The highest BCUT2D eigenvalue weighted by Gasteiger charge is 2.30. The van der Waals surface area contributed by atoms with E-state index in [0.29, 0.717) is 17.5 Å². The average molecular weight is 440 g/mol. The Hall–Kier alpha value is -3.35. The number of alkyl halides is 3. The monoisotopic (exact) mass is 440 g/mol. The zero-order chi connectivity index (χ0) is 21.7. The second-order valence-electron chi connectivity index (χ2n) is 5.88. The maximum absolute atomic E-state index is 12.8. The van der Waals surface area contributed by atoms with Crippen molar-refractivity contribution in [2.24, 2.45) is 0 Å². The topological polar surface area (TPSA) is 101 Å². The summed E-state index contributed by atoms with van der Waals surface area (Å²) in [4.78, 5) is 10.2. The van der Waals surface area contributed by atoms with Crippen molar-refractivity contribution in [1.82, 2.24) is 24.5 Å². The molecule has 0 saturated carbocycles. The maximum atomic E-state index is 12.8. The summed E-state index contributed by atoms with van der Waals surface area (Å²) in [6, 6.07) is 4.55. The number of halogens is 3. The lowest BCUT2D eigenvalue weighted by Crippen LogP contribution is -2.09. The number of benzene rings is 1. The first-order chi connectivity index (χ1) is 14.3. The molecule has 0 spiro atoms. The quantitative estimate of drug-likeness (QED) is 0.215. The Bertz CT molecular complexity index is 1050. The van der Waals surface area contributed by atoms with Gasteiger partial charge in [-0.15, -0.1) is 16.8 Å². The third-order valence-corrected chi connectivity index (χ3v) is 4.74. The van der Waals surface area contributed by atoms with E-state index in [9.17, 15) is 23.3 Å². The van der Waals surface area contributed by atoms with Crippen LogP contribution < -0.4 is 4.74 Å². The van der Waals surface area contributed by atoms with Gasteiger partial charge in [-0.1, -0.05) is 23.9 Å². The molecule has 0 aliphatic carbocycles. The molecule has 1 aromatic carbocycles. The summed E-state index contributed by atoms with van der Waals surface area (Å²) in [5.74, 6) is 0.690. The van der Waals surface area contributed by atoms with Crippen LogP contribution in [0.1, 0.15) is 11.4 Å². The van der Waals surface area contributed by atoms with Crippen LogP contribution >= 0.6 is 11.8 Å². The summed E-state index contributed by atoms with van der Waals surface area (Å²) in [6.07, 6.45) is -0.421. The SMILES string of the molecule is C=CCn1c(COc2cccc(C(F)(F)F)c2)nnc1SCn1cc([N+](=O)[O-])cn1. The summed E-state index contributed by atoms with van der Waals surface area (Å²) < 4.78 is 47.0. The lowest BCUT2D eigenvalue weighted by molar-refractivity contribution is -0.385. The molecule has 3 aromatic rings. The van der Waals surface area contributed by atoms with E-state index in [1.165, 1.54) is 34.8 Å². The Morgan fingerprint density at radius 2 is 2.13 bits per heavy atom. The van der Waals surface area contributed by atoms with E-state index in [-0.39, 0.29) is 23.9 Å². The Kier molecular flexibility index (Phi) is 6.40. The number of ether oxygens (including phenoxy) is 1. The number of nitro groups is 1. The molecule has 0 bridgehead atoms. The fourth-order valence-corrected chi connectivity index (χ4v) is 3.22. The lowest BCUT2D eigenvalue weighted by atomic mass is 10.2. The summed E-state index contributed by atoms with van der Waals surface area (Å²) >= 11 is 1.23. The van der Waals surface area contributed by atoms with Crippen LogP contribution in [-0.4, -0.2) is 29.5 Å². The lowest BCUT2D eigenvalue weighted by Gasteiger charge is -2.11. The van der Waals surface area contributed by atoms with Gasteiger partial charge in [0.25, 0.3) is 0 Å². The van der Waals surface area contributed by atoms with Gasteiger partial charge >= 0.3 is 11.9 Å². The number of rotatable bonds is 9. The molecular weight excluding hydrogens is 425 g/mol. The summed E-state index contributed by atoms with van der Waals surface area (Å²) in [5.41, 5.74) is -0.935. The van der Waals surface area contributed by atoms with E-state index in [1.807, 2.05) is 0 Å². The molecular formula is C17H15F3N6O3S. The van der Waals surface area contributed by atoms with Crippen LogP contribution in [0.3, 0.4) is 0 Å². The first kappa shape index (κ1) is 21.4. The van der Waals surface area contributed by atoms with E-state index in [2.05, 4.69) is 21.9 Å². The fraction of sp³-hybridized carbons (Fsp3) is 0.235. The minimum atomic E-state index is -4.46. The zero-order valence-corrected chi connectivity index (χ0v) is 16.1. The van der Waals surface area contributed by atoms with Crippen molar-refractivity contribution in [3.63, 3.8) is 0 Å². The summed E-state index contributed by atoms with van der Waals surface area (Å²) in [5, 5.41) is 23.2. The van der Waals surface area contributed by atoms with Crippen LogP contribution in [0.5, 0.6) is 5.75 Å². The number of thioether (sulfide) groups is 1. The second kappa shape index (κ2) is 8.98. The number of hydrogen-bond donors (Lipinski definition) is 0. The third-order valence-electron chi connectivity index (χ3n) is 3.79. The van der Waals surface area contributed by atoms with Crippen LogP contribution in [0.4, 0.5) is 18.9 Å². The first-order valence-corrected chi connectivity index (χ1v) is 9.39. The second-order valence-corrected chi connectivity index (χ2v) is 6.79. The molecule has 158 valence electrons. The number of aromatic nitrogens is 5. The minimum Gasteiger partial charge on any atom is -0.486 e. The molecule has 0 atom stereocenters. The molecule has 13 heteroatoms. The van der Waals surface area contributed by atoms with Crippen molar-refractivity contribution < 1.29 is 22.8 Å². The molecule has 0 N–H and O–H groups in total. The van der Waals surface area contributed by atoms with Gasteiger partial charge in [-0.3, -0.25) is 19.4 Å². The van der Waals surface area contributed by atoms with E-state index in [4.69, 9.17) is 4.74 Å². The molecule has 0 aliphatic rings. The van der Waals surface area contributed by atoms with Gasteiger partial charge in [-0.2, -0.15) is 18.3 Å². The van der Waals surface area contributed by atoms with Crippen molar-refractivity contribution in [2.75, 3.05) is 0 Å². The Labute approximate surface area is 172 Å². The molecule has 2 aromatic heterocycles.